The summed E-state index contributed by atoms with van der Waals surface area (Å²) in [5.41, 5.74) is 5.82. The zero-order valence-corrected chi connectivity index (χ0v) is 5.88. The van der Waals surface area contributed by atoms with Crippen LogP contribution in [0.1, 0.15) is 12.8 Å². The van der Waals surface area contributed by atoms with Gasteiger partial charge in [0.1, 0.15) is 0 Å². The fraction of sp³-hybridized carbons (Fsp3) is 1.00. The summed E-state index contributed by atoms with van der Waals surface area (Å²) >= 11 is 0. The Morgan fingerprint density at radius 3 is 2.89 bits per heavy atom. The van der Waals surface area contributed by atoms with E-state index in [1.165, 1.54) is 19.4 Å². The molecular weight excluding hydrogens is 112 g/mol. The zero-order chi connectivity index (χ0) is 6.43. The Balaban J connectivity index is 2.02. The van der Waals surface area contributed by atoms with Gasteiger partial charge in [-0.25, -0.2) is 0 Å². The van der Waals surface area contributed by atoms with E-state index in [-0.39, 0.29) is 0 Å². The highest BCUT2D eigenvalue weighted by molar-refractivity contribution is 5.09. The second kappa shape index (κ2) is 1.70. The van der Waals surface area contributed by atoms with Gasteiger partial charge in [0.25, 0.3) is 0 Å². The molecule has 3 unspecified atom stereocenters. The van der Waals surface area contributed by atoms with E-state index in [9.17, 15) is 0 Å². The summed E-state index contributed by atoms with van der Waals surface area (Å²) in [4.78, 5) is 2.40. The molecule has 0 aromatic rings. The van der Waals surface area contributed by atoms with Crippen LogP contribution in [0.15, 0.2) is 0 Å². The minimum Gasteiger partial charge on any atom is -0.326 e. The molecule has 52 valence electrons. The van der Waals surface area contributed by atoms with Gasteiger partial charge in [0.2, 0.25) is 0 Å². The molecule has 1 saturated heterocycles. The van der Waals surface area contributed by atoms with Gasteiger partial charge < -0.3 is 10.6 Å². The van der Waals surface area contributed by atoms with Crippen molar-refractivity contribution in [3.63, 3.8) is 0 Å². The smallest absolute Gasteiger partial charge is 0.0291 e. The third-order valence-electron chi connectivity index (χ3n) is 2.74. The Hall–Kier alpha value is -0.0800. The number of likely N-dealkylation sites (N-methyl/N-ethyl adjacent to an activating group) is 1. The molecule has 2 heteroatoms. The predicted octanol–water partition coefficient (Wildman–Crippen LogP) is 0.0377. The normalized spacial score (nSPS) is 50.7. The van der Waals surface area contributed by atoms with Gasteiger partial charge >= 0.3 is 0 Å². The van der Waals surface area contributed by atoms with Crippen LogP contribution in [-0.2, 0) is 0 Å². The molecule has 2 rings (SSSR count). The number of nitrogens with zero attached hydrogens (tertiary/aromatic N) is 1. The summed E-state index contributed by atoms with van der Waals surface area (Å²) in [6.45, 7) is 1.26. The number of hydrogen-bond acceptors (Lipinski definition) is 2. The van der Waals surface area contributed by atoms with Gasteiger partial charge in [-0.3, -0.25) is 0 Å². The van der Waals surface area contributed by atoms with Crippen molar-refractivity contribution >= 4 is 0 Å². The minimum absolute atomic E-state index is 0.512. The monoisotopic (exact) mass is 126 g/mol. The third kappa shape index (κ3) is 0.700. The molecule has 2 nitrogen and oxygen atoms in total. The summed E-state index contributed by atoms with van der Waals surface area (Å²) in [5, 5.41) is 0. The van der Waals surface area contributed by atoms with Gasteiger partial charge in [0.05, 0.1) is 0 Å². The van der Waals surface area contributed by atoms with Gasteiger partial charge in [-0.15, -0.1) is 0 Å². The number of piperidine rings is 1. The van der Waals surface area contributed by atoms with Gasteiger partial charge in [0.15, 0.2) is 0 Å². The van der Waals surface area contributed by atoms with Crippen LogP contribution < -0.4 is 5.73 Å². The van der Waals surface area contributed by atoms with Crippen molar-refractivity contribution in [3.8, 4) is 0 Å². The fourth-order valence-electron chi connectivity index (χ4n) is 2.09. The summed E-state index contributed by atoms with van der Waals surface area (Å²) in [6, 6.07) is 1.26. The summed E-state index contributed by atoms with van der Waals surface area (Å²) < 4.78 is 0. The lowest BCUT2D eigenvalue weighted by molar-refractivity contribution is 0.262. The lowest BCUT2D eigenvalue weighted by Gasteiger charge is -2.20. The van der Waals surface area contributed by atoms with E-state index >= 15 is 0 Å². The quantitative estimate of drug-likeness (QED) is 0.496. The molecular formula is C7H14N2. The molecule has 2 fully saturated rings. The molecule has 0 bridgehead atoms. The predicted molar refractivity (Wildman–Crippen MR) is 37.1 cm³/mol. The number of nitrogens with two attached hydrogens (primary N) is 1. The van der Waals surface area contributed by atoms with E-state index < -0.39 is 0 Å². The van der Waals surface area contributed by atoms with Crippen molar-refractivity contribution < 1.29 is 0 Å². The van der Waals surface area contributed by atoms with Crippen molar-refractivity contribution in [2.24, 2.45) is 11.7 Å². The van der Waals surface area contributed by atoms with Crippen LogP contribution >= 0.6 is 0 Å². The van der Waals surface area contributed by atoms with Crippen LogP contribution in [0.2, 0.25) is 0 Å². The first-order valence-corrected chi connectivity index (χ1v) is 3.76. The molecule has 1 aliphatic heterocycles. The van der Waals surface area contributed by atoms with Crippen molar-refractivity contribution in [2.75, 3.05) is 13.6 Å². The lowest BCUT2D eigenvalue weighted by atomic mass is 10.1. The Morgan fingerprint density at radius 1 is 1.56 bits per heavy atom. The van der Waals surface area contributed by atoms with Crippen molar-refractivity contribution in [1.82, 2.24) is 4.90 Å². The average Bonchev–Trinajstić information content (AvgIpc) is 2.45. The molecule has 2 N–H and O–H groups in total. The third-order valence-corrected chi connectivity index (χ3v) is 2.74. The molecule has 1 saturated carbocycles. The molecule has 0 radical (unpaired) electrons. The minimum atomic E-state index is 0.512. The second-order valence-corrected chi connectivity index (χ2v) is 3.35. The first-order chi connectivity index (χ1) is 4.30. The van der Waals surface area contributed by atoms with E-state index in [0.717, 1.165) is 12.0 Å². The fourth-order valence-corrected chi connectivity index (χ4v) is 2.09. The van der Waals surface area contributed by atoms with E-state index in [1.54, 1.807) is 0 Å². The summed E-state index contributed by atoms with van der Waals surface area (Å²) in [6.07, 6.45) is 2.72. The highest BCUT2D eigenvalue weighted by Gasteiger charge is 2.51. The van der Waals surface area contributed by atoms with Crippen LogP contribution in [-0.4, -0.2) is 30.6 Å². The molecule has 0 aromatic carbocycles. The van der Waals surface area contributed by atoms with Crippen LogP contribution in [0, 0.1) is 5.92 Å². The van der Waals surface area contributed by atoms with Gasteiger partial charge in [-0.05, 0) is 32.4 Å². The van der Waals surface area contributed by atoms with E-state index in [4.69, 9.17) is 5.73 Å². The number of likely N-dealkylation sites (tertiary alicyclic amines) is 1. The molecule has 0 aromatic heterocycles. The number of rotatable bonds is 0. The molecule has 2 aliphatic rings. The topological polar surface area (TPSA) is 29.3 Å². The first kappa shape index (κ1) is 5.69. The highest BCUT2D eigenvalue weighted by Crippen LogP contribution is 2.40. The number of hydrogen-bond donors (Lipinski definition) is 1. The van der Waals surface area contributed by atoms with Crippen molar-refractivity contribution in [1.29, 1.82) is 0 Å². The zero-order valence-electron chi connectivity index (χ0n) is 5.88. The largest absolute Gasteiger partial charge is 0.326 e. The van der Waals surface area contributed by atoms with Crippen molar-refractivity contribution in [2.45, 2.75) is 24.9 Å². The van der Waals surface area contributed by atoms with Crippen LogP contribution in [0.25, 0.3) is 0 Å². The van der Waals surface area contributed by atoms with Crippen LogP contribution in [0.4, 0.5) is 0 Å². The van der Waals surface area contributed by atoms with E-state index in [0.29, 0.717) is 6.04 Å². The van der Waals surface area contributed by atoms with Gasteiger partial charge in [0, 0.05) is 12.1 Å². The Bertz CT molecular complexity index is 118. The molecule has 0 spiro atoms. The standard InChI is InChI=1S/C7H14N2/c1-9-4-2-3-5-6(8)7(5)9/h5-7H,2-4,8H2,1H3. The van der Waals surface area contributed by atoms with Crippen molar-refractivity contribution in [3.05, 3.63) is 0 Å². The summed E-state index contributed by atoms with van der Waals surface area (Å²) in [7, 11) is 2.18. The van der Waals surface area contributed by atoms with Crippen LogP contribution in [0.3, 0.4) is 0 Å². The highest BCUT2D eigenvalue weighted by atomic mass is 15.2. The molecule has 3 atom stereocenters. The maximum atomic E-state index is 5.82. The Kier molecular flexibility index (Phi) is 1.08. The number of fused-ring (bicyclic) bond motifs is 1. The summed E-state index contributed by atoms with van der Waals surface area (Å²) in [5.74, 6) is 0.851. The molecule has 9 heavy (non-hydrogen) atoms. The first-order valence-electron chi connectivity index (χ1n) is 3.76. The Morgan fingerprint density at radius 2 is 2.33 bits per heavy atom. The maximum Gasteiger partial charge on any atom is 0.0291 e. The van der Waals surface area contributed by atoms with E-state index in [2.05, 4.69) is 11.9 Å². The second-order valence-electron chi connectivity index (χ2n) is 3.35. The molecule has 0 amide bonds. The maximum absolute atomic E-state index is 5.82. The van der Waals surface area contributed by atoms with E-state index in [1.807, 2.05) is 0 Å². The van der Waals surface area contributed by atoms with Gasteiger partial charge in [-0.2, -0.15) is 0 Å². The Labute approximate surface area is 56.0 Å². The SMILES string of the molecule is CN1CCCC2C(N)C21. The molecule has 1 aliphatic carbocycles. The van der Waals surface area contributed by atoms with Gasteiger partial charge in [-0.1, -0.05) is 0 Å². The van der Waals surface area contributed by atoms with Crippen LogP contribution in [0.5, 0.6) is 0 Å². The lowest BCUT2D eigenvalue weighted by Crippen LogP contribution is -2.29. The average molecular weight is 126 g/mol. The molecule has 1 heterocycles.